The number of amides is 1. The smallest absolute Gasteiger partial charge is 0.224 e. The predicted molar refractivity (Wildman–Crippen MR) is 84.5 cm³/mol. The van der Waals surface area contributed by atoms with Crippen molar-refractivity contribution in [3.63, 3.8) is 0 Å². The van der Waals surface area contributed by atoms with Crippen molar-refractivity contribution >= 4 is 5.91 Å². The minimum absolute atomic E-state index is 0.155. The Balaban J connectivity index is 1.51. The SMILES string of the molecule is Cc1ccc(OCCCCNC(=O)C2CCCNC2)cc1. The number of unbranched alkanes of at least 4 members (excludes halogenated alkanes) is 1. The van der Waals surface area contributed by atoms with Crippen LogP contribution in [0.2, 0.25) is 0 Å². The molecule has 0 bridgehead atoms. The highest BCUT2D eigenvalue weighted by Crippen LogP contribution is 2.12. The topological polar surface area (TPSA) is 50.4 Å². The number of carbonyl (C=O) groups excluding carboxylic acids is 1. The van der Waals surface area contributed by atoms with Crippen LogP contribution >= 0.6 is 0 Å². The lowest BCUT2D eigenvalue weighted by Crippen LogP contribution is -2.40. The molecular formula is C17H26N2O2. The summed E-state index contributed by atoms with van der Waals surface area (Å²) in [7, 11) is 0. The highest BCUT2D eigenvalue weighted by Gasteiger charge is 2.19. The molecule has 1 fully saturated rings. The largest absolute Gasteiger partial charge is 0.494 e. The van der Waals surface area contributed by atoms with Crippen molar-refractivity contribution in [2.75, 3.05) is 26.2 Å². The quantitative estimate of drug-likeness (QED) is 0.757. The van der Waals surface area contributed by atoms with E-state index in [4.69, 9.17) is 4.74 Å². The molecule has 1 saturated heterocycles. The Morgan fingerprint density at radius 2 is 2.14 bits per heavy atom. The van der Waals surface area contributed by atoms with Gasteiger partial charge in [-0.1, -0.05) is 17.7 Å². The van der Waals surface area contributed by atoms with Crippen molar-refractivity contribution < 1.29 is 9.53 Å². The molecule has 4 heteroatoms. The van der Waals surface area contributed by atoms with Gasteiger partial charge in [-0.2, -0.15) is 0 Å². The molecule has 0 saturated carbocycles. The van der Waals surface area contributed by atoms with Crippen LogP contribution in [-0.2, 0) is 4.79 Å². The first-order valence-corrected chi connectivity index (χ1v) is 7.93. The zero-order valence-corrected chi connectivity index (χ0v) is 12.9. The van der Waals surface area contributed by atoms with E-state index in [9.17, 15) is 4.79 Å². The van der Waals surface area contributed by atoms with Gasteiger partial charge in [-0.05, 0) is 51.3 Å². The van der Waals surface area contributed by atoms with Crippen LogP contribution in [0, 0.1) is 12.8 Å². The van der Waals surface area contributed by atoms with E-state index in [1.165, 1.54) is 5.56 Å². The van der Waals surface area contributed by atoms with Gasteiger partial charge in [-0.15, -0.1) is 0 Å². The molecule has 1 amide bonds. The summed E-state index contributed by atoms with van der Waals surface area (Å²) in [6.45, 7) is 5.37. The summed E-state index contributed by atoms with van der Waals surface area (Å²) < 4.78 is 5.66. The van der Waals surface area contributed by atoms with E-state index in [-0.39, 0.29) is 11.8 Å². The van der Waals surface area contributed by atoms with E-state index in [2.05, 4.69) is 17.6 Å². The van der Waals surface area contributed by atoms with Crippen LogP contribution < -0.4 is 15.4 Å². The first kappa shape index (κ1) is 15.8. The molecule has 0 spiro atoms. The normalized spacial score (nSPS) is 18.2. The molecule has 0 aliphatic carbocycles. The molecule has 4 nitrogen and oxygen atoms in total. The van der Waals surface area contributed by atoms with Crippen LogP contribution in [-0.4, -0.2) is 32.1 Å². The fourth-order valence-electron chi connectivity index (χ4n) is 2.48. The molecule has 1 heterocycles. The van der Waals surface area contributed by atoms with Gasteiger partial charge in [-0.3, -0.25) is 4.79 Å². The second kappa shape index (κ2) is 8.67. The second-order valence-electron chi connectivity index (χ2n) is 5.70. The molecule has 0 radical (unpaired) electrons. The Labute approximate surface area is 127 Å². The lowest BCUT2D eigenvalue weighted by molar-refractivity contribution is -0.125. The third-order valence-electron chi connectivity index (χ3n) is 3.83. The summed E-state index contributed by atoms with van der Waals surface area (Å²) in [6, 6.07) is 8.09. The van der Waals surface area contributed by atoms with Crippen LogP contribution in [0.3, 0.4) is 0 Å². The molecule has 1 unspecified atom stereocenters. The molecule has 2 N–H and O–H groups in total. The van der Waals surface area contributed by atoms with Gasteiger partial charge in [0.2, 0.25) is 5.91 Å². The molecule has 2 rings (SSSR count). The van der Waals surface area contributed by atoms with Crippen molar-refractivity contribution in [2.45, 2.75) is 32.6 Å². The molecule has 21 heavy (non-hydrogen) atoms. The van der Waals surface area contributed by atoms with Crippen LogP contribution in [0.5, 0.6) is 5.75 Å². The number of aryl methyl sites for hydroxylation is 1. The maximum Gasteiger partial charge on any atom is 0.224 e. The zero-order chi connectivity index (χ0) is 14.9. The van der Waals surface area contributed by atoms with Gasteiger partial charge in [0.1, 0.15) is 5.75 Å². The van der Waals surface area contributed by atoms with Gasteiger partial charge in [0, 0.05) is 13.1 Å². The number of carbonyl (C=O) groups is 1. The average molecular weight is 290 g/mol. The predicted octanol–water partition coefficient (Wildman–Crippen LogP) is 2.27. The number of hydrogen-bond donors (Lipinski definition) is 2. The van der Waals surface area contributed by atoms with Gasteiger partial charge in [0.05, 0.1) is 12.5 Å². The first-order valence-electron chi connectivity index (χ1n) is 7.93. The summed E-state index contributed by atoms with van der Waals surface area (Å²) in [5.41, 5.74) is 1.24. The molecule has 0 aromatic heterocycles. The van der Waals surface area contributed by atoms with Crippen molar-refractivity contribution in [3.05, 3.63) is 29.8 Å². The van der Waals surface area contributed by atoms with E-state index in [1.54, 1.807) is 0 Å². The van der Waals surface area contributed by atoms with Gasteiger partial charge in [0.25, 0.3) is 0 Å². The van der Waals surface area contributed by atoms with Crippen molar-refractivity contribution in [1.82, 2.24) is 10.6 Å². The van der Waals surface area contributed by atoms with Gasteiger partial charge >= 0.3 is 0 Å². The minimum atomic E-state index is 0.155. The van der Waals surface area contributed by atoms with Crippen LogP contribution in [0.1, 0.15) is 31.2 Å². The summed E-state index contributed by atoms with van der Waals surface area (Å²) in [6.07, 6.45) is 4.02. The van der Waals surface area contributed by atoms with Crippen LogP contribution in [0.15, 0.2) is 24.3 Å². The van der Waals surface area contributed by atoms with Gasteiger partial charge in [-0.25, -0.2) is 0 Å². The summed E-state index contributed by atoms with van der Waals surface area (Å²) in [4.78, 5) is 11.9. The van der Waals surface area contributed by atoms with E-state index >= 15 is 0 Å². The Morgan fingerprint density at radius 1 is 1.33 bits per heavy atom. The maximum absolute atomic E-state index is 11.9. The van der Waals surface area contributed by atoms with Crippen molar-refractivity contribution in [2.24, 2.45) is 5.92 Å². The number of hydrogen-bond acceptors (Lipinski definition) is 3. The Morgan fingerprint density at radius 3 is 2.86 bits per heavy atom. The molecule has 1 aliphatic heterocycles. The van der Waals surface area contributed by atoms with Gasteiger partial charge in [0.15, 0.2) is 0 Å². The fourth-order valence-corrected chi connectivity index (χ4v) is 2.48. The third-order valence-corrected chi connectivity index (χ3v) is 3.83. The number of nitrogens with one attached hydrogen (secondary N) is 2. The van der Waals surface area contributed by atoms with Crippen molar-refractivity contribution in [3.8, 4) is 5.75 Å². The monoisotopic (exact) mass is 290 g/mol. The maximum atomic E-state index is 11.9. The average Bonchev–Trinajstić information content (AvgIpc) is 2.53. The Bertz CT molecular complexity index is 425. The van der Waals surface area contributed by atoms with E-state index in [1.807, 2.05) is 24.3 Å². The van der Waals surface area contributed by atoms with Crippen molar-refractivity contribution in [1.29, 1.82) is 0 Å². The zero-order valence-electron chi connectivity index (χ0n) is 12.9. The molecule has 116 valence electrons. The third kappa shape index (κ3) is 5.76. The lowest BCUT2D eigenvalue weighted by atomic mass is 9.99. The summed E-state index contributed by atoms with van der Waals surface area (Å²) >= 11 is 0. The van der Waals surface area contributed by atoms with Gasteiger partial charge < -0.3 is 15.4 Å². The highest BCUT2D eigenvalue weighted by molar-refractivity contribution is 5.78. The molecule has 1 atom stereocenters. The Hall–Kier alpha value is -1.55. The molecular weight excluding hydrogens is 264 g/mol. The standard InChI is InChI=1S/C17H26N2O2/c1-14-6-8-16(9-7-14)21-12-3-2-11-19-17(20)15-5-4-10-18-13-15/h6-9,15,18H,2-5,10-13H2,1H3,(H,19,20). The van der Waals surface area contributed by atoms with Crippen LogP contribution in [0.4, 0.5) is 0 Å². The molecule has 1 aromatic carbocycles. The second-order valence-corrected chi connectivity index (χ2v) is 5.70. The molecule has 1 aromatic rings. The summed E-state index contributed by atoms with van der Waals surface area (Å²) in [5, 5.41) is 6.29. The minimum Gasteiger partial charge on any atom is -0.494 e. The van der Waals surface area contributed by atoms with E-state index in [0.29, 0.717) is 6.61 Å². The Kier molecular flexibility index (Phi) is 6.54. The lowest BCUT2D eigenvalue weighted by Gasteiger charge is -2.21. The fraction of sp³-hybridized carbons (Fsp3) is 0.588. The number of ether oxygens (including phenoxy) is 1. The van der Waals surface area contributed by atoms with Crippen LogP contribution in [0.25, 0.3) is 0 Å². The van der Waals surface area contributed by atoms with E-state index in [0.717, 1.165) is 51.1 Å². The summed E-state index contributed by atoms with van der Waals surface area (Å²) in [5.74, 6) is 1.27. The number of benzene rings is 1. The molecule has 1 aliphatic rings. The van der Waals surface area contributed by atoms with E-state index < -0.39 is 0 Å². The highest BCUT2D eigenvalue weighted by atomic mass is 16.5. The first-order chi connectivity index (χ1) is 10.3. The number of rotatable bonds is 7. The number of piperidine rings is 1.